The predicted molar refractivity (Wildman–Crippen MR) is 167 cm³/mol. The Morgan fingerprint density at radius 2 is 0.719 bits per heavy atom. The molecule has 0 aliphatic carbocycles. The van der Waals surface area contributed by atoms with E-state index in [0.717, 1.165) is 0 Å². The molecule has 0 radical (unpaired) electrons. The smallest absolute Gasteiger partial charge is 0.335 e. The lowest BCUT2D eigenvalue weighted by atomic mass is 9.95. The highest BCUT2D eigenvalue weighted by Crippen LogP contribution is 2.36. The number of rotatable bonds is 13. The summed E-state index contributed by atoms with van der Waals surface area (Å²) in [5, 5.41) is 176. The van der Waals surface area contributed by atoms with Crippen molar-refractivity contribution in [1.29, 1.82) is 0 Å². The van der Waals surface area contributed by atoms with Crippen LogP contribution in [0.2, 0.25) is 0 Å². The van der Waals surface area contributed by atoms with Crippen LogP contribution >= 0.6 is 0 Å². The Bertz CT molecular complexity index is 1280. The van der Waals surface area contributed by atoms with E-state index in [4.69, 9.17) is 42.6 Å². The van der Waals surface area contributed by atoms with Gasteiger partial charge in [-0.2, -0.15) is 0 Å². The molecule has 0 saturated carbocycles. The molecule has 332 valence electrons. The summed E-state index contributed by atoms with van der Waals surface area (Å²) < 4.78 is 49.0. The molecule has 0 amide bonds. The Morgan fingerprint density at radius 1 is 0.368 bits per heavy atom. The molecule has 5 aliphatic rings. The van der Waals surface area contributed by atoms with Gasteiger partial charge in [-0.05, 0) is 0 Å². The lowest BCUT2D eigenvalue weighted by Crippen LogP contribution is -2.68. The fourth-order valence-electron chi connectivity index (χ4n) is 6.95. The molecule has 25 atom stereocenters. The molecule has 5 rings (SSSR count). The van der Waals surface area contributed by atoms with Gasteiger partial charge in [-0.3, -0.25) is 0 Å². The maximum Gasteiger partial charge on any atom is 0.335 e. The Kier molecular flexibility index (Phi) is 15.9. The average Bonchev–Trinajstić information content (AvgIpc) is 3.19. The van der Waals surface area contributed by atoms with Crippen molar-refractivity contribution in [3.05, 3.63) is 0 Å². The largest absolute Gasteiger partial charge is 0.479 e. The highest BCUT2D eigenvalue weighted by atomic mass is 16.8. The van der Waals surface area contributed by atoms with E-state index in [1.807, 2.05) is 0 Å². The molecule has 5 aliphatic heterocycles. The fraction of sp³-hybridized carbons (Fsp3) is 0.967. The minimum Gasteiger partial charge on any atom is -0.479 e. The van der Waals surface area contributed by atoms with E-state index >= 15 is 0 Å². The van der Waals surface area contributed by atoms with Crippen LogP contribution in [-0.2, 0) is 47.4 Å². The van der Waals surface area contributed by atoms with E-state index < -0.39 is 186 Å². The molecule has 0 aromatic heterocycles. The molecule has 17 N–H and O–H groups in total. The van der Waals surface area contributed by atoms with Gasteiger partial charge in [-0.15, -0.1) is 0 Å². The van der Waals surface area contributed by atoms with Gasteiger partial charge in [0.05, 0.1) is 26.4 Å². The number of carboxylic acid groups (broad SMARTS) is 1. The number of ether oxygens (including phenoxy) is 9. The number of aliphatic hydroxyl groups excluding tert-OH is 16. The van der Waals surface area contributed by atoms with Crippen LogP contribution in [-0.4, -0.2) is 273 Å². The Balaban J connectivity index is 1.40. The lowest BCUT2D eigenvalue weighted by molar-refractivity contribution is -0.405. The van der Waals surface area contributed by atoms with Crippen molar-refractivity contribution in [1.82, 2.24) is 0 Å². The number of hydrogen-bond acceptors (Lipinski definition) is 26. The molecule has 27 nitrogen and oxygen atoms in total. The first-order valence-electron chi connectivity index (χ1n) is 17.6. The highest BCUT2D eigenvalue weighted by molar-refractivity contribution is 5.73. The maximum absolute atomic E-state index is 12.3. The van der Waals surface area contributed by atoms with Crippen LogP contribution in [0.25, 0.3) is 0 Å². The fourth-order valence-corrected chi connectivity index (χ4v) is 6.95. The first-order valence-corrected chi connectivity index (χ1v) is 17.6. The summed E-state index contributed by atoms with van der Waals surface area (Å²) in [6.45, 7) is -3.76. The van der Waals surface area contributed by atoms with Gasteiger partial charge in [0, 0.05) is 0 Å². The minimum atomic E-state index is -2.34. The summed E-state index contributed by atoms with van der Waals surface area (Å²) in [5.41, 5.74) is 0. The van der Waals surface area contributed by atoms with Crippen molar-refractivity contribution >= 4 is 5.97 Å². The van der Waals surface area contributed by atoms with E-state index in [9.17, 15) is 91.6 Å². The van der Waals surface area contributed by atoms with Gasteiger partial charge in [0.2, 0.25) is 0 Å². The molecular formula is C30H50O27. The van der Waals surface area contributed by atoms with Gasteiger partial charge in [0.15, 0.2) is 37.6 Å². The Labute approximate surface area is 320 Å². The topological polar surface area (TPSA) is 444 Å². The van der Waals surface area contributed by atoms with Crippen molar-refractivity contribution < 1.29 is 134 Å². The van der Waals surface area contributed by atoms with Crippen LogP contribution in [0, 0.1) is 0 Å². The summed E-state index contributed by atoms with van der Waals surface area (Å²) >= 11 is 0. The number of aliphatic carboxylic acids is 1. The number of aliphatic hydroxyl groups is 16. The third-order valence-corrected chi connectivity index (χ3v) is 10.3. The molecule has 5 fully saturated rings. The second-order valence-corrected chi connectivity index (χ2v) is 14.0. The lowest BCUT2D eigenvalue weighted by Gasteiger charge is -2.49. The summed E-state index contributed by atoms with van der Waals surface area (Å²) in [6.07, 6.45) is -50.5. The van der Waals surface area contributed by atoms with Crippen LogP contribution in [0.4, 0.5) is 0 Å². The molecule has 1 unspecified atom stereocenters. The molecule has 0 aromatic carbocycles. The number of carboxylic acids is 1. The summed E-state index contributed by atoms with van der Waals surface area (Å²) in [4.78, 5) is 12.3. The SMILES string of the molecule is O=C(O)[C@H]1O[C@@H](O[C@@H]2[C@@H](O[C@@H]3[C@@H](O[C@H]4[C@@H](O)[C@@H](CO)OC(O)[C@@H]4O)O[C@H](CO)[C@@H](O)[C@@H]3O)O[C@H](CO)[C@@H](O)[C@@H]2O)[C@H](O)[C@@H](O)[C@@H]1O[C@@H]1O[C@H](CO)[C@@H](O)[C@H](O)[C@@H]1O. The van der Waals surface area contributed by atoms with Gasteiger partial charge >= 0.3 is 5.97 Å². The molecule has 0 spiro atoms. The van der Waals surface area contributed by atoms with Crippen molar-refractivity contribution in [2.75, 3.05) is 26.4 Å². The monoisotopic (exact) mass is 842 g/mol. The Hall–Kier alpha value is -1.53. The van der Waals surface area contributed by atoms with Crippen molar-refractivity contribution in [2.45, 2.75) is 154 Å². The van der Waals surface area contributed by atoms with Crippen molar-refractivity contribution in [3.8, 4) is 0 Å². The highest BCUT2D eigenvalue weighted by Gasteiger charge is 2.58. The van der Waals surface area contributed by atoms with Gasteiger partial charge < -0.3 is 129 Å². The van der Waals surface area contributed by atoms with Crippen LogP contribution < -0.4 is 0 Å². The molecule has 27 heteroatoms. The average molecular weight is 843 g/mol. The van der Waals surface area contributed by atoms with Gasteiger partial charge in [-0.25, -0.2) is 4.79 Å². The van der Waals surface area contributed by atoms with Gasteiger partial charge in [0.25, 0.3) is 0 Å². The quantitative estimate of drug-likeness (QED) is 0.0818. The predicted octanol–water partition coefficient (Wildman–Crippen LogP) is -11.8. The molecule has 5 saturated heterocycles. The zero-order valence-corrected chi connectivity index (χ0v) is 29.4. The van der Waals surface area contributed by atoms with E-state index in [2.05, 4.69) is 0 Å². The normalized spacial score (nSPS) is 52.4. The van der Waals surface area contributed by atoms with Crippen molar-refractivity contribution in [2.24, 2.45) is 0 Å². The van der Waals surface area contributed by atoms with Gasteiger partial charge in [0.1, 0.15) is 116 Å². The van der Waals surface area contributed by atoms with E-state index in [0.29, 0.717) is 0 Å². The van der Waals surface area contributed by atoms with Crippen LogP contribution in [0.1, 0.15) is 0 Å². The molecule has 0 aromatic rings. The zero-order chi connectivity index (χ0) is 42.2. The second-order valence-electron chi connectivity index (χ2n) is 14.0. The summed E-state index contributed by atoms with van der Waals surface area (Å²) in [7, 11) is 0. The summed E-state index contributed by atoms with van der Waals surface area (Å²) in [5.74, 6) is -1.89. The van der Waals surface area contributed by atoms with Crippen LogP contribution in [0.3, 0.4) is 0 Å². The number of hydrogen-bond donors (Lipinski definition) is 17. The van der Waals surface area contributed by atoms with E-state index in [1.54, 1.807) is 0 Å². The minimum absolute atomic E-state index is 0.887. The standard InChI is InChI=1S/C30H50O27/c31-1-5-9(35)13(39)17(43)27(50-5)54-21-16(42)18(44)28(57-24(21)25(46)47)55-22-14(40)10(36)7(3-33)52-30(22)56-23-15(41)11(37)6(2-32)51-29(23)53-20-12(38)8(4-34)49-26(48)19(20)45/h5-24,26-45,48H,1-4H2,(H,46,47)/t5-,6-,7-,8-,9-,10-,11-,12+,13+,14+,15+,16-,17+,18-,19-,20+,21+,22+,23+,24+,26?,27+,28-,29-,30-/m1/s1. The van der Waals surface area contributed by atoms with Crippen LogP contribution in [0.15, 0.2) is 0 Å². The molecule has 57 heavy (non-hydrogen) atoms. The van der Waals surface area contributed by atoms with Crippen molar-refractivity contribution in [3.63, 3.8) is 0 Å². The Morgan fingerprint density at radius 3 is 1.19 bits per heavy atom. The number of carbonyl (C=O) groups is 1. The van der Waals surface area contributed by atoms with Crippen LogP contribution in [0.5, 0.6) is 0 Å². The first kappa shape index (κ1) is 46.5. The third kappa shape index (κ3) is 9.38. The summed E-state index contributed by atoms with van der Waals surface area (Å²) in [6, 6.07) is 0. The first-order chi connectivity index (χ1) is 26.9. The van der Waals surface area contributed by atoms with Gasteiger partial charge in [-0.1, -0.05) is 0 Å². The third-order valence-electron chi connectivity index (χ3n) is 10.3. The van der Waals surface area contributed by atoms with E-state index in [-0.39, 0.29) is 0 Å². The zero-order valence-electron chi connectivity index (χ0n) is 29.4. The molecule has 5 heterocycles. The molecular weight excluding hydrogens is 792 g/mol. The molecule has 0 bridgehead atoms. The maximum atomic E-state index is 12.3. The van der Waals surface area contributed by atoms with E-state index in [1.165, 1.54) is 0 Å². The second kappa shape index (κ2) is 19.5.